The van der Waals surface area contributed by atoms with Crippen LogP contribution in [0.2, 0.25) is 0 Å². The van der Waals surface area contributed by atoms with Gasteiger partial charge in [-0.05, 0) is 37.6 Å². The topological polar surface area (TPSA) is 16.1 Å². The molecule has 0 atom stereocenters. The van der Waals surface area contributed by atoms with Gasteiger partial charge in [0.1, 0.15) is 5.01 Å². The van der Waals surface area contributed by atoms with E-state index in [1.54, 1.807) is 11.3 Å². The van der Waals surface area contributed by atoms with Gasteiger partial charge in [-0.25, -0.2) is 4.98 Å². The van der Waals surface area contributed by atoms with Gasteiger partial charge in [0.15, 0.2) is 0 Å². The Morgan fingerprint density at radius 2 is 2.14 bits per heavy atom. The molecule has 2 aromatic rings. The maximum atomic E-state index is 5.83. The molecule has 0 unspecified atom stereocenters. The first-order chi connectivity index (χ1) is 10.1. The van der Waals surface area contributed by atoms with Gasteiger partial charge in [-0.3, -0.25) is 0 Å². The van der Waals surface area contributed by atoms with E-state index < -0.39 is 0 Å². The van der Waals surface area contributed by atoms with Gasteiger partial charge in [0.05, 0.1) is 11.6 Å². The summed E-state index contributed by atoms with van der Waals surface area (Å²) < 4.78 is 0. The van der Waals surface area contributed by atoms with E-state index in [0.717, 1.165) is 29.7 Å². The molecule has 4 heteroatoms. The van der Waals surface area contributed by atoms with Crippen molar-refractivity contribution in [3.63, 3.8) is 0 Å². The number of hydrogen-bond donors (Lipinski definition) is 0. The van der Waals surface area contributed by atoms with Crippen molar-refractivity contribution in [2.45, 2.75) is 32.7 Å². The van der Waals surface area contributed by atoms with Crippen LogP contribution in [0.3, 0.4) is 0 Å². The summed E-state index contributed by atoms with van der Waals surface area (Å²) in [7, 11) is 2.18. The molecule has 0 aliphatic rings. The van der Waals surface area contributed by atoms with E-state index in [2.05, 4.69) is 55.0 Å². The van der Waals surface area contributed by atoms with Crippen LogP contribution >= 0.6 is 22.9 Å². The molecule has 0 fully saturated rings. The fraction of sp³-hybridized carbons (Fsp3) is 0.471. The Labute approximate surface area is 136 Å². The molecular weight excluding hydrogens is 300 g/mol. The monoisotopic (exact) mass is 322 g/mol. The second kappa shape index (κ2) is 7.92. The van der Waals surface area contributed by atoms with Gasteiger partial charge in [-0.1, -0.05) is 32.0 Å². The summed E-state index contributed by atoms with van der Waals surface area (Å²) in [6.45, 7) is 6.65. The summed E-state index contributed by atoms with van der Waals surface area (Å²) in [4.78, 5) is 6.93. The van der Waals surface area contributed by atoms with Crippen molar-refractivity contribution < 1.29 is 0 Å². The Hall–Kier alpha value is -0.900. The largest absolute Gasteiger partial charge is 0.302 e. The Morgan fingerprint density at radius 3 is 2.81 bits per heavy atom. The molecule has 1 aromatic carbocycles. The zero-order valence-electron chi connectivity index (χ0n) is 13.0. The second-order valence-corrected chi connectivity index (χ2v) is 7.02. The normalized spacial score (nSPS) is 11.5. The highest BCUT2D eigenvalue weighted by Crippen LogP contribution is 2.25. The minimum absolute atomic E-state index is 0.480. The van der Waals surface area contributed by atoms with Crippen molar-refractivity contribution in [2.24, 2.45) is 5.92 Å². The number of benzene rings is 1. The summed E-state index contributed by atoms with van der Waals surface area (Å²) in [6, 6.07) is 8.66. The van der Waals surface area contributed by atoms with Gasteiger partial charge in [0.2, 0.25) is 0 Å². The highest BCUT2D eigenvalue weighted by Gasteiger charge is 2.07. The fourth-order valence-electron chi connectivity index (χ4n) is 2.17. The molecule has 1 heterocycles. The molecule has 0 aliphatic carbocycles. The Balaban J connectivity index is 2.03. The lowest BCUT2D eigenvalue weighted by molar-refractivity contribution is 0.303. The smallest absolute Gasteiger partial charge is 0.123 e. The van der Waals surface area contributed by atoms with Crippen LogP contribution in [0.15, 0.2) is 29.6 Å². The van der Waals surface area contributed by atoms with Gasteiger partial charge in [0, 0.05) is 17.5 Å². The van der Waals surface area contributed by atoms with Crippen LogP contribution in [-0.2, 0) is 12.4 Å². The zero-order valence-corrected chi connectivity index (χ0v) is 14.5. The van der Waals surface area contributed by atoms with Crippen molar-refractivity contribution in [2.75, 3.05) is 13.6 Å². The van der Waals surface area contributed by atoms with Gasteiger partial charge in [0.25, 0.3) is 0 Å². The van der Waals surface area contributed by atoms with E-state index in [4.69, 9.17) is 11.6 Å². The van der Waals surface area contributed by atoms with Crippen LogP contribution in [0.1, 0.15) is 31.5 Å². The fourth-order valence-corrected chi connectivity index (χ4v) is 3.22. The van der Waals surface area contributed by atoms with Crippen LogP contribution < -0.4 is 0 Å². The molecule has 2 rings (SSSR count). The summed E-state index contributed by atoms with van der Waals surface area (Å²) in [5, 5.41) is 3.08. The van der Waals surface area contributed by atoms with Crippen LogP contribution in [0.4, 0.5) is 0 Å². The molecule has 2 nitrogen and oxygen atoms in total. The number of rotatable bonds is 7. The molecule has 0 bridgehead atoms. The number of alkyl halides is 1. The zero-order chi connectivity index (χ0) is 15.2. The van der Waals surface area contributed by atoms with Gasteiger partial charge in [-0.2, -0.15) is 0 Å². The first kappa shape index (κ1) is 16.5. The molecule has 21 heavy (non-hydrogen) atoms. The van der Waals surface area contributed by atoms with Crippen LogP contribution in [0.25, 0.3) is 10.6 Å². The molecule has 0 aliphatic heterocycles. The van der Waals surface area contributed by atoms with Crippen LogP contribution in [0, 0.1) is 5.92 Å². The molecule has 0 saturated heterocycles. The standard InChI is InChI=1S/C17H23ClN2S/c1-13(2)7-8-20(3)11-14-5-4-6-15(9-14)17-19-16(10-18)12-21-17/h4-6,9,12-13H,7-8,10-11H2,1-3H3. The quantitative estimate of drug-likeness (QED) is 0.665. The number of thiazole rings is 1. The average Bonchev–Trinajstić information content (AvgIpc) is 2.94. The Kier molecular flexibility index (Phi) is 6.22. The molecule has 0 radical (unpaired) electrons. The minimum Gasteiger partial charge on any atom is -0.302 e. The highest BCUT2D eigenvalue weighted by atomic mass is 35.5. The van der Waals surface area contributed by atoms with Gasteiger partial charge < -0.3 is 4.90 Å². The maximum absolute atomic E-state index is 5.83. The van der Waals surface area contributed by atoms with Crippen molar-refractivity contribution in [3.8, 4) is 10.6 Å². The first-order valence-electron chi connectivity index (χ1n) is 7.36. The maximum Gasteiger partial charge on any atom is 0.123 e. The SMILES string of the molecule is CC(C)CCN(C)Cc1cccc(-c2nc(CCl)cs2)c1. The molecule has 0 saturated carbocycles. The predicted molar refractivity (Wildman–Crippen MR) is 92.9 cm³/mol. The lowest BCUT2D eigenvalue weighted by Crippen LogP contribution is -2.20. The second-order valence-electron chi connectivity index (χ2n) is 5.90. The number of halogens is 1. The van der Waals surface area contributed by atoms with E-state index in [9.17, 15) is 0 Å². The van der Waals surface area contributed by atoms with Crippen LogP contribution in [-0.4, -0.2) is 23.5 Å². The Bertz CT molecular complexity index is 565. The molecule has 114 valence electrons. The molecule has 0 spiro atoms. The lowest BCUT2D eigenvalue weighted by Gasteiger charge is -2.18. The van der Waals surface area contributed by atoms with Gasteiger partial charge in [-0.15, -0.1) is 22.9 Å². The third-order valence-corrected chi connectivity index (χ3v) is 4.62. The molecule has 1 aromatic heterocycles. The lowest BCUT2D eigenvalue weighted by atomic mass is 10.1. The van der Waals surface area contributed by atoms with E-state index in [1.807, 2.05) is 5.38 Å². The van der Waals surface area contributed by atoms with Gasteiger partial charge >= 0.3 is 0 Å². The predicted octanol–water partition coefficient (Wildman–Crippen LogP) is 5.03. The number of aromatic nitrogens is 1. The average molecular weight is 323 g/mol. The van der Waals surface area contributed by atoms with Crippen LogP contribution in [0.5, 0.6) is 0 Å². The summed E-state index contributed by atoms with van der Waals surface area (Å²) in [5.41, 5.74) is 3.48. The number of nitrogens with zero attached hydrogens (tertiary/aromatic N) is 2. The number of hydrogen-bond acceptors (Lipinski definition) is 3. The summed E-state index contributed by atoms with van der Waals surface area (Å²) >= 11 is 7.49. The van der Waals surface area contributed by atoms with Crippen molar-refractivity contribution in [3.05, 3.63) is 40.9 Å². The molecule has 0 N–H and O–H groups in total. The van der Waals surface area contributed by atoms with E-state index in [0.29, 0.717) is 5.88 Å². The Morgan fingerprint density at radius 1 is 1.33 bits per heavy atom. The first-order valence-corrected chi connectivity index (χ1v) is 8.78. The summed E-state index contributed by atoms with van der Waals surface area (Å²) in [6.07, 6.45) is 1.24. The van der Waals surface area contributed by atoms with Crippen molar-refractivity contribution >= 4 is 22.9 Å². The summed E-state index contributed by atoms with van der Waals surface area (Å²) in [5.74, 6) is 1.23. The van der Waals surface area contributed by atoms with E-state index in [1.165, 1.54) is 17.5 Å². The third kappa shape index (κ3) is 5.10. The van der Waals surface area contributed by atoms with E-state index >= 15 is 0 Å². The molecule has 0 amide bonds. The minimum atomic E-state index is 0.480. The van der Waals surface area contributed by atoms with Crippen molar-refractivity contribution in [1.29, 1.82) is 0 Å². The molecular formula is C17H23ClN2S. The highest BCUT2D eigenvalue weighted by molar-refractivity contribution is 7.13. The van der Waals surface area contributed by atoms with E-state index in [-0.39, 0.29) is 0 Å². The van der Waals surface area contributed by atoms with Crippen molar-refractivity contribution in [1.82, 2.24) is 9.88 Å². The third-order valence-electron chi connectivity index (χ3n) is 3.40.